The van der Waals surface area contributed by atoms with Crippen molar-refractivity contribution in [3.8, 4) is 0 Å². The molecule has 0 nitrogen and oxygen atoms in total. The second-order valence-electron chi connectivity index (χ2n) is 14.7. The lowest BCUT2D eigenvalue weighted by molar-refractivity contribution is 1.78. The van der Waals surface area contributed by atoms with Gasteiger partial charge in [0, 0.05) is 87.4 Å². The number of hydrogen-bond acceptors (Lipinski definition) is 6. The number of benzene rings is 6. The van der Waals surface area contributed by atoms with Crippen LogP contribution in [-0.2, 0) is 0 Å². The minimum atomic E-state index is 0.146. The van der Waals surface area contributed by atoms with Crippen LogP contribution in [0.15, 0.2) is 168 Å². The third-order valence-corrected chi connectivity index (χ3v) is 21.1. The van der Waals surface area contributed by atoms with Gasteiger partial charge in [-0.15, -0.1) is 68.0 Å². The largest absolute Gasteiger partial charge is 0.247 e. The molecular formula is C48H24B2Br6S6. The molecule has 0 radical (unpaired) electrons. The Morgan fingerprint density at radius 1 is 0.242 bits per heavy atom. The molecule has 0 aliphatic rings. The Balaban J connectivity index is 0.000000139. The van der Waals surface area contributed by atoms with E-state index >= 15 is 0 Å². The van der Waals surface area contributed by atoms with E-state index in [0.717, 1.165) is 26.8 Å². The van der Waals surface area contributed by atoms with E-state index in [1.54, 1.807) is 0 Å². The quantitative estimate of drug-likeness (QED) is 0.146. The summed E-state index contributed by atoms with van der Waals surface area (Å²) in [6.07, 6.45) is 0. The average molecular weight is 1290 g/mol. The molecule has 0 aliphatic carbocycles. The van der Waals surface area contributed by atoms with Crippen LogP contribution in [0.4, 0.5) is 0 Å². The van der Waals surface area contributed by atoms with E-state index in [0.29, 0.717) is 0 Å². The molecule has 6 aromatic heterocycles. The molecule has 0 fully saturated rings. The fourth-order valence-electron chi connectivity index (χ4n) is 8.69. The maximum atomic E-state index is 3.84. The smallest absolute Gasteiger partial charge is 0.144 e. The van der Waals surface area contributed by atoms with Crippen LogP contribution in [0.1, 0.15) is 0 Å². The fraction of sp³-hybridized carbons (Fsp3) is 0. The average Bonchev–Trinajstić information content (AvgIpc) is 4.13. The van der Waals surface area contributed by atoms with E-state index in [9.17, 15) is 0 Å². The molecular weight excluding hydrogens is 1270 g/mol. The van der Waals surface area contributed by atoms with E-state index in [1.807, 2.05) is 68.0 Å². The van der Waals surface area contributed by atoms with Crippen LogP contribution in [-0.4, -0.2) is 13.4 Å². The highest BCUT2D eigenvalue weighted by Gasteiger charge is 2.33. The normalized spacial score (nSPS) is 11.7. The predicted octanol–water partition coefficient (Wildman–Crippen LogP) is 16.3. The highest BCUT2D eigenvalue weighted by atomic mass is 79.9. The first-order valence-corrected chi connectivity index (χ1v) is 29.2. The van der Waals surface area contributed by atoms with Crippen molar-refractivity contribution in [1.29, 1.82) is 0 Å². The van der Waals surface area contributed by atoms with E-state index in [-0.39, 0.29) is 13.4 Å². The first-order chi connectivity index (χ1) is 30.3. The summed E-state index contributed by atoms with van der Waals surface area (Å²) in [5.74, 6) is 0. The first-order valence-electron chi connectivity index (χ1n) is 19.2. The third-order valence-electron chi connectivity index (χ3n) is 11.3. The first kappa shape index (κ1) is 42.7. The molecule has 14 heteroatoms. The molecule has 0 N–H and O–H groups in total. The monoisotopic (exact) mass is 1290 g/mol. The number of halogens is 6. The van der Waals surface area contributed by atoms with E-state index in [1.165, 1.54) is 93.3 Å². The summed E-state index contributed by atoms with van der Waals surface area (Å²) in [6.45, 7) is 0.291. The molecule has 0 amide bonds. The SMILES string of the molecule is Brc1cccc2scc(B(c3csc4cccc(Br)c34)c3csc4cccc(Br)c34)c12.Brc1cccc2scc(B(c3csc4cccc(Br)c34)c3csc4cccc(Br)c34)c12. The summed E-state index contributed by atoms with van der Waals surface area (Å²) >= 11 is 34.0. The minimum Gasteiger partial charge on any atom is -0.144 e. The summed E-state index contributed by atoms with van der Waals surface area (Å²) in [6, 6.07) is 38.9. The second-order valence-corrected chi connectivity index (χ2v) is 25.3. The van der Waals surface area contributed by atoms with Crippen molar-refractivity contribution in [2.24, 2.45) is 0 Å². The summed E-state index contributed by atoms with van der Waals surface area (Å²) in [5.41, 5.74) is 8.16. The standard InChI is InChI=1S/2C24H12BBr3S3/c2*26-16-4-1-7-19-22(16)13(10-29-19)25(14-11-30-20-8-2-5-17(27)23(14)20)15-12-31-21-9-3-6-18(28)24(15)21/h2*1-12H. The van der Waals surface area contributed by atoms with Gasteiger partial charge in [0.2, 0.25) is 13.4 Å². The molecule has 6 aromatic carbocycles. The molecule has 300 valence electrons. The van der Waals surface area contributed by atoms with Crippen LogP contribution in [0, 0.1) is 0 Å². The highest BCUT2D eigenvalue weighted by molar-refractivity contribution is 9.11. The van der Waals surface area contributed by atoms with Crippen molar-refractivity contribution in [2.75, 3.05) is 0 Å². The van der Waals surface area contributed by atoms with E-state index in [2.05, 4.69) is 237 Å². The van der Waals surface area contributed by atoms with Gasteiger partial charge in [0.15, 0.2) is 0 Å². The number of fused-ring (bicyclic) bond motifs is 6. The van der Waals surface area contributed by atoms with Gasteiger partial charge in [0.05, 0.1) is 0 Å². The Hall–Kier alpha value is -1.91. The molecule has 0 spiro atoms. The van der Waals surface area contributed by atoms with Gasteiger partial charge < -0.3 is 0 Å². The van der Waals surface area contributed by atoms with Gasteiger partial charge in [-0.05, 0) is 138 Å². The summed E-state index contributed by atoms with van der Waals surface area (Å²) in [7, 11) is 0. The molecule has 0 saturated carbocycles. The van der Waals surface area contributed by atoms with Gasteiger partial charge >= 0.3 is 0 Å². The van der Waals surface area contributed by atoms with Crippen molar-refractivity contribution in [1.82, 2.24) is 0 Å². The number of rotatable bonds is 6. The molecule has 0 unspecified atom stereocenters. The Kier molecular flexibility index (Phi) is 12.2. The Bertz CT molecular complexity index is 3050. The molecule has 0 bridgehead atoms. The van der Waals surface area contributed by atoms with Crippen LogP contribution in [0.25, 0.3) is 60.5 Å². The lowest BCUT2D eigenvalue weighted by Crippen LogP contribution is -2.51. The zero-order valence-corrected chi connectivity index (χ0v) is 46.1. The Morgan fingerprint density at radius 3 is 0.565 bits per heavy atom. The lowest BCUT2D eigenvalue weighted by atomic mass is 9.37. The minimum absolute atomic E-state index is 0.146. The maximum Gasteiger partial charge on any atom is 0.247 e. The Labute approximate surface area is 433 Å². The van der Waals surface area contributed by atoms with Gasteiger partial charge in [0.1, 0.15) is 0 Å². The lowest BCUT2D eigenvalue weighted by Gasteiger charge is -2.15. The van der Waals surface area contributed by atoms with Crippen molar-refractivity contribution >= 4 is 270 Å². The summed E-state index contributed by atoms with van der Waals surface area (Å²) in [4.78, 5) is 0. The topological polar surface area (TPSA) is 0 Å². The molecule has 12 aromatic rings. The van der Waals surface area contributed by atoms with Crippen LogP contribution in [0.2, 0.25) is 0 Å². The van der Waals surface area contributed by atoms with E-state index in [4.69, 9.17) is 0 Å². The predicted molar refractivity (Wildman–Crippen MR) is 306 cm³/mol. The highest BCUT2D eigenvalue weighted by Crippen LogP contribution is 2.35. The van der Waals surface area contributed by atoms with Gasteiger partial charge in [0.25, 0.3) is 0 Å². The molecule has 0 atom stereocenters. The van der Waals surface area contributed by atoms with Gasteiger partial charge in [-0.3, -0.25) is 0 Å². The zero-order chi connectivity index (χ0) is 42.2. The maximum absolute atomic E-state index is 3.84. The number of thiophene rings is 6. The summed E-state index contributed by atoms with van der Waals surface area (Å²) < 4.78 is 14.8. The third kappa shape index (κ3) is 7.39. The van der Waals surface area contributed by atoms with Crippen LogP contribution >= 0.6 is 164 Å². The molecule has 62 heavy (non-hydrogen) atoms. The Morgan fingerprint density at radius 2 is 0.403 bits per heavy atom. The van der Waals surface area contributed by atoms with E-state index < -0.39 is 0 Å². The van der Waals surface area contributed by atoms with Gasteiger partial charge in [-0.2, -0.15) is 0 Å². The summed E-state index contributed by atoms with van der Waals surface area (Å²) in [5, 5.41) is 22.0. The zero-order valence-electron chi connectivity index (χ0n) is 31.7. The van der Waals surface area contributed by atoms with Crippen LogP contribution in [0.5, 0.6) is 0 Å². The molecule has 12 rings (SSSR count). The van der Waals surface area contributed by atoms with Crippen molar-refractivity contribution in [3.05, 3.63) is 168 Å². The van der Waals surface area contributed by atoms with Crippen molar-refractivity contribution < 1.29 is 0 Å². The van der Waals surface area contributed by atoms with Crippen molar-refractivity contribution in [3.63, 3.8) is 0 Å². The molecule has 6 heterocycles. The molecule has 0 saturated heterocycles. The van der Waals surface area contributed by atoms with Gasteiger partial charge in [-0.1, -0.05) is 132 Å². The molecule has 0 aliphatic heterocycles. The van der Waals surface area contributed by atoms with Crippen LogP contribution in [0.3, 0.4) is 0 Å². The van der Waals surface area contributed by atoms with Crippen LogP contribution < -0.4 is 32.8 Å². The second kappa shape index (κ2) is 17.7. The number of hydrogen-bond donors (Lipinski definition) is 0. The van der Waals surface area contributed by atoms with Crippen molar-refractivity contribution in [2.45, 2.75) is 0 Å². The fourth-order valence-corrected chi connectivity index (χ4v) is 19.1. The van der Waals surface area contributed by atoms with Gasteiger partial charge in [-0.25, -0.2) is 0 Å².